The first-order valence-corrected chi connectivity index (χ1v) is 16.9. The van der Waals surface area contributed by atoms with Gasteiger partial charge in [-0.15, -0.1) is 6.58 Å². The van der Waals surface area contributed by atoms with E-state index in [0.717, 1.165) is 19.3 Å². The highest BCUT2D eigenvalue weighted by Gasteiger charge is 2.49. The summed E-state index contributed by atoms with van der Waals surface area (Å²) in [6, 6.07) is 24.8. The summed E-state index contributed by atoms with van der Waals surface area (Å²) in [4.78, 5) is 0. The standard InChI is InChI=1S/C43H52/c1-8-9-27-43(32-17-13-14-18-32,33-21-19-31(20-22-33)30-15-11-10-12-16-30)40-38-28-34(41(2,3)4)23-25-36(38)37-26-24-35(29-39(37)40)42(5,6)7/h8,13-14,17,19-26,28-30,40H,1,9-12,15-16,18,27H2,2-7H3. The number of hydrogen-bond acceptors (Lipinski definition) is 0. The van der Waals surface area contributed by atoms with Crippen LogP contribution in [0.2, 0.25) is 0 Å². The lowest BCUT2D eigenvalue weighted by atomic mass is 9.59. The third kappa shape index (κ3) is 5.41. The number of hydrogen-bond donors (Lipinski definition) is 0. The maximum atomic E-state index is 4.23. The average molecular weight is 569 g/mol. The Kier molecular flexibility index (Phi) is 7.95. The first-order valence-electron chi connectivity index (χ1n) is 16.9. The van der Waals surface area contributed by atoms with Gasteiger partial charge in [0.15, 0.2) is 0 Å². The Morgan fingerprint density at radius 2 is 1.28 bits per heavy atom. The van der Waals surface area contributed by atoms with Crippen molar-refractivity contribution in [3.63, 3.8) is 0 Å². The van der Waals surface area contributed by atoms with Gasteiger partial charge in [-0.05, 0) is 93.4 Å². The average Bonchev–Trinajstić information content (AvgIpc) is 3.65. The van der Waals surface area contributed by atoms with E-state index in [1.54, 1.807) is 5.57 Å². The van der Waals surface area contributed by atoms with Crippen LogP contribution in [-0.4, -0.2) is 0 Å². The van der Waals surface area contributed by atoms with Gasteiger partial charge < -0.3 is 0 Å². The third-order valence-corrected chi connectivity index (χ3v) is 10.8. The van der Waals surface area contributed by atoms with Gasteiger partial charge in [0.2, 0.25) is 0 Å². The summed E-state index contributed by atoms with van der Waals surface area (Å²) in [5.41, 5.74) is 13.3. The number of benzene rings is 3. The van der Waals surface area contributed by atoms with Crippen molar-refractivity contribution in [3.05, 3.63) is 131 Å². The molecule has 0 bridgehead atoms. The molecule has 0 saturated heterocycles. The van der Waals surface area contributed by atoms with Gasteiger partial charge in [0.25, 0.3) is 0 Å². The normalized spacial score (nSPS) is 18.7. The fraction of sp³-hybridized carbons (Fsp3) is 0.442. The van der Waals surface area contributed by atoms with Crippen molar-refractivity contribution >= 4 is 0 Å². The van der Waals surface area contributed by atoms with Crippen LogP contribution >= 0.6 is 0 Å². The maximum absolute atomic E-state index is 4.23. The predicted molar refractivity (Wildman–Crippen MR) is 186 cm³/mol. The topological polar surface area (TPSA) is 0 Å². The number of allylic oxidation sites excluding steroid dienone is 5. The Morgan fingerprint density at radius 3 is 1.77 bits per heavy atom. The molecular formula is C43H52. The third-order valence-electron chi connectivity index (χ3n) is 10.8. The molecule has 6 rings (SSSR count). The SMILES string of the molecule is C=CCCC(C1=CC=CC1)(c1ccc(C2CCCCC2)cc1)C1c2cc(C(C)(C)C)ccc2-c2ccc(C(C)(C)C)cc21. The van der Waals surface area contributed by atoms with Crippen LogP contribution in [-0.2, 0) is 16.2 Å². The van der Waals surface area contributed by atoms with Crippen molar-refractivity contribution in [1.29, 1.82) is 0 Å². The van der Waals surface area contributed by atoms with Crippen LogP contribution in [0.25, 0.3) is 11.1 Å². The Morgan fingerprint density at radius 1 is 0.721 bits per heavy atom. The molecule has 1 atom stereocenters. The van der Waals surface area contributed by atoms with Crippen LogP contribution < -0.4 is 0 Å². The maximum Gasteiger partial charge on any atom is 0.0280 e. The molecule has 0 aromatic heterocycles. The molecule has 0 radical (unpaired) electrons. The van der Waals surface area contributed by atoms with Gasteiger partial charge in [0.1, 0.15) is 0 Å². The largest absolute Gasteiger partial charge is 0.103 e. The summed E-state index contributed by atoms with van der Waals surface area (Å²) in [7, 11) is 0. The summed E-state index contributed by atoms with van der Waals surface area (Å²) >= 11 is 0. The summed E-state index contributed by atoms with van der Waals surface area (Å²) in [6.07, 6.45) is 19.1. The van der Waals surface area contributed by atoms with E-state index in [0.29, 0.717) is 5.92 Å². The molecule has 3 aromatic carbocycles. The molecule has 0 aliphatic heterocycles. The minimum Gasteiger partial charge on any atom is -0.103 e. The van der Waals surface area contributed by atoms with Gasteiger partial charge in [0.05, 0.1) is 0 Å². The highest BCUT2D eigenvalue weighted by Crippen LogP contribution is 2.60. The monoisotopic (exact) mass is 568 g/mol. The lowest BCUT2D eigenvalue weighted by molar-refractivity contribution is 0.411. The minimum absolute atomic E-state index is 0.0878. The van der Waals surface area contributed by atoms with Crippen molar-refractivity contribution < 1.29 is 0 Å². The zero-order valence-corrected chi connectivity index (χ0v) is 27.6. The minimum atomic E-state index is -0.157. The molecule has 3 aliphatic carbocycles. The Bertz CT molecular complexity index is 1480. The molecule has 43 heavy (non-hydrogen) atoms. The zero-order valence-electron chi connectivity index (χ0n) is 27.6. The van der Waals surface area contributed by atoms with Gasteiger partial charge in [-0.3, -0.25) is 0 Å². The summed E-state index contributed by atoms with van der Waals surface area (Å²) in [5, 5.41) is 0. The molecule has 0 nitrogen and oxygen atoms in total. The van der Waals surface area contributed by atoms with E-state index in [4.69, 9.17) is 0 Å². The number of fused-ring (bicyclic) bond motifs is 3. The molecule has 0 N–H and O–H groups in total. The Balaban J connectivity index is 1.62. The zero-order chi connectivity index (χ0) is 30.4. The molecule has 3 aliphatic rings. The molecule has 1 fully saturated rings. The van der Waals surface area contributed by atoms with Crippen LogP contribution in [0.5, 0.6) is 0 Å². The highest BCUT2D eigenvalue weighted by molar-refractivity contribution is 5.82. The van der Waals surface area contributed by atoms with E-state index in [1.807, 2.05) is 0 Å². The van der Waals surface area contributed by atoms with E-state index in [9.17, 15) is 0 Å². The first kappa shape index (κ1) is 29.9. The fourth-order valence-corrected chi connectivity index (χ4v) is 8.31. The molecule has 0 spiro atoms. The second-order valence-corrected chi connectivity index (χ2v) is 15.6. The van der Waals surface area contributed by atoms with Gasteiger partial charge >= 0.3 is 0 Å². The van der Waals surface area contributed by atoms with Crippen molar-refractivity contribution in [2.45, 2.75) is 121 Å². The van der Waals surface area contributed by atoms with Crippen LogP contribution in [0.4, 0.5) is 0 Å². The van der Waals surface area contributed by atoms with Gasteiger partial charge in [0, 0.05) is 11.3 Å². The van der Waals surface area contributed by atoms with Crippen molar-refractivity contribution in [1.82, 2.24) is 0 Å². The van der Waals surface area contributed by atoms with E-state index in [2.05, 4.69) is 133 Å². The molecule has 0 amide bonds. The predicted octanol–water partition coefficient (Wildman–Crippen LogP) is 12.2. The molecule has 0 heterocycles. The first-order chi connectivity index (χ1) is 20.5. The highest BCUT2D eigenvalue weighted by atomic mass is 14.5. The van der Waals surface area contributed by atoms with Crippen LogP contribution in [0, 0.1) is 0 Å². The lowest BCUT2D eigenvalue weighted by Crippen LogP contribution is -2.36. The van der Waals surface area contributed by atoms with Crippen molar-refractivity contribution in [2.75, 3.05) is 0 Å². The Labute approximate surface area is 262 Å². The molecule has 1 unspecified atom stereocenters. The Hall–Kier alpha value is -3.12. The molecule has 3 aromatic rings. The van der Waals surface area contributed by atoms with E-state index in [-0.39, 0.29) is 22.2 Å². The molecule has 0 heteroatoms. The van der Waals surface area contributed by atoms with Gasteiger partial charge in [-0.1, -0.05) is 151 Å². The van der Waals surface area contributed by atoms with E-state index < -0.39 is 0 Å². The summed E-state index contributed by atoms with van der Waals surface area (Å²) < 4.78 is 0. The van der Waals surface area contributed by atoms with E-state index >= 15 is 0 Å². The van der Waals surface area contributed by atoms with Crippen molar-refractivity contribution in [3.8, 4) is 11.1 Å². The van der Waals surface area contributed by atoms with E-state index in [1.165, 1.54) is 76.6 Å². The summed E-state index contributed by atoms with van der Waals surface area (Å²) in [5.74, 6) is 0.961. The molecular weight excluding hydrogens is 516 g/mol. The van der Waals surface area contributed by atoms with Gasteiger partial charge in [-0.2, -0.15) is 0 Å². The van der Waals surface area contributed by atoms with Crippen molar-refractivity contribution in [2.24, 2.45) is 0 Å². The quantitative estimate of drug-likeness (QED) is 0.249. The fourth-order valence-electron chi connectivity index (χ4n) is 8.31. The summed E-state index contributed by atoms with van der Waals surface area (Å²) in [6.45, 7) is 18.3. The number of rotatable bonds is 7. The second kappa shape index (κ2) is 11.4. The van der Waals surface area contributed by atoms with Gasteiger partial charge in [-0.25, -0.2) is 0 Å². The van der Waals surface area contributed by atoms with Crippen LogP contribution in [0.1, 0.15) is 138 Å². The molecule has 1 saturated carbocycles. The lowest BCUT2D eigenvalue weighted by Gasteiger charge is -2.43. The van der Waals surface area contributed by atoms with Crippen LogP contribution in [0.15, 0.2) is 97.1 Å². The van der Waals surface area contributed by atoms with Crippen LogP contribution in [0.3, 0.4) is 0 Å². The molecule has 224 valence electrons. The smallest absolute Gasteiger partial charge is 0.0280 e. The second-order valence-electron chi connectivity index (χ2n) is 15.6.